The number of nitrogens with one attached hydrogen (secondary N) is 1. The highest BCUT2D eigenvalue weighted by molar-refractivity contribution is 6.10. The Morgan fingerprint density at radius 2 is 1.83 bits per heavy atom. The maximum Gasteiger partial charge on any atom is 0.416 e. The molecule has 1 aromatic carbocycles. The SMILES string of the molecule is N#CC(C#N)=NNc1ccc(C(F)(F)F)cc1F. The molecule has 92 valence electrons. The molecule has 4 nitrogen and oxygen atoms in total. The van der Waals surface area contributed by atoms with Crippen molar-refractivity contribution < 1.29 is 17.6 Å². The van der Waals surface area contributed by atoms with Gasteiger partial charge in [-0.2, -0.15) is 28.8 Å². The van der Waals surface area contributed by atoms with E-state index in [1.54, 1.807) is 0 Å². The molecule has 0 aliphatic heterocycles. The van der Waals surface area contributed by atoms with Crippen LogP contribution in [0.3, 0.4) is 0 Å². The lowest BCUT2D eigenvalue weighted by atomic mass is 10.2. The van der Waals surface area contributed by atoms with Gasteiger partial charge in [0.2, 0.25) is 5.71 Å². The van der Waals surface area contributed by atoms with Crippen molar-refractivity contribution >= 4 is 11.4 Å². The van der Waals surface area contributed by atoms with Crippen LogP contribution in [0.1, 0.15) is 5.56 Å². The third kappa shape index (κ3) is 3.19. The van der Waals surface area contributed by atoms with Crippen LogP contribution in [-0.4, -0.2) is 5.71 Å². The van der Waals surface area contributed by atoms with Crippen molar-refractivity contribution in [1.29, 1.82) is 10.5 Å². The minimum atomic E-state index is -4.65. The summed E-state index contributed by atoms with van der Waals surface area (Å²) in [4.78, 5) is 0. The highest BCUT2D eigenvalue weighted by Gasteiger charge is 2.31. The lowest BCUT2D eigenvalue weighted by Crippen LogP contribution is -2.06. The fourth-order valence-corrected chi connectivity index (χ4v) is 0.973. The maximum absolute atomic E-state index is 13.2. The predicted molar refractivity (Wildman–Crippen MR) is 53.7 cm³/mol. The number of hydrogen-bond acceptors (Lipinski definition) is 4. The lowest BCUT2D eigenvalue weighted by molar-refractivity contribution is -0.137. The number of hydrogen-bond donors (Lipinski definition) is 1. The molecule has 0 aliphatic rings. The summed E-state index contributed by atoms with van der Waals surface area (Å²) in [6, 6.07) is 4.56. The molecule has 0 heterocycles. The van der Waals surface area contributed by atoms with Gasteiger partial charge in [0.25, 0.3) is 0 Å². The van der Waals surface area contributed by atoms with E-state index in [4.69, 9.17) is 10.5 Å². The molecular weight excluding hydrogens is 252 g/mol. The van der Waals surface area contributed by atoms with Gasteiger partial charge < -0.3 is 0 Å². The predicted octanol–water partition coefficient (Wildman–Crippen LogP) is 2.66. The van der Waals surface area contributed by atoms with Crippen LogP contribution in [0.2, 0.25) is 0 Å². The molecule has 0 aliphatic carbocycles. The monoisotopic (exact) mass is 256 g/mol. The molecule has 0 radical (unpaired) electrons. The Balaban J connectivity index is 2.99. The number of hydrazone groups is 1. The zero-order valence-corrected chi connectivity index (χ0v) is 8.59. The van der Waals surface area contributed by atoms with Crippen molar-refractivity contribution in [3.63, 3.8) is 0 Å². The van der Waals surface area contributed by atoms with Gasteiger partial charge in [0, 0.05) is 0 Å². The Kier molecular flexibility index (Phi) is 3.85. The van der Waals surface area contributed by atoms with Crippen LogP contribution in [0.25, 0.3) is 0 Å². The van der Waals surface area contributed by atoms with E-state index in [0.717, 1.165) is 6.07 Å². The first-order chi connectivity index (χ1) is 8.38. The van der Waals surface area contributed by atoms with Crippen molar-refractivity contribution in [3.8, 4) is 12.1 Å². The van der Waals surface area contributed by atoms with Crippen LogP contribution in [0.15, 0.2) is 23.3 Å². The Bertz CT molecular complexity index is 547. The van der Waals surface area contributed by atoms with E-state index >= 15 is 0 Å². The number of halogens is 4. The molecule has 1 rings (SSSR count). The highest BCUT2D eigenvalue weighted by atomic mass is 19.4. The van der Waals surface area contributed by atoms with Crippen molar-refractivity contribution in [2.24, 2.45) is 5.10 Å². The molecule has 0 unspecified atom stereocenters. The largest absolute Gasteiger partial charge is 0.416 e. The molecule has 18 heavy (non-hydrogen) atoms. The second kappa shape index (κ2) is 5.15. The van der Waals surface area contributed by atoms with Crippen LogP contribution in [-0.2, 0) is 6.18 Å². The first-order valence-electron chi connectivity index (χ1n) is 4.39. The molecule has 0 aromatic heterocycles. The molecule has 0 fully saturated rings. The van der Waals surface area contributed by atoms with E-state index in [0.29, 0.717) is 6.07 Å². The first-order valence-corrected chi connectivity index (χ1v) is 4.39. The molecule has 0 amide bonds. The van der Waals surface area contributed by atoms with Gasteiger partial charge in [-0.25, -0.2) is 4.39 Å². The van der Waals surface area contributed by atoms with E-state index in [9.17, 15) is 17.6 Å². The number of alkyl halides is 3. The summed E-state index contributed by atoms with van der Waals surface area (Å²) in [6.45, 7) is 0. The maximum atomic E-state index is 13.2. The molecule has 0 spiro atoms. The zero-order valence-electron chi connectivity index (χ0n) is 8.59. The lowest BCUT2D eigenvalue weighted by Gasteiger charge is -2.08. The summed E-state index contributed by atoms with van der Waals surface area (Å²) in [5.74, 6) is -1.19. The number of nitrogens with zero attached hydrogens (tertiary/aromatic N) is 3. The molecular formula is C10H4F4N4. The summed E-state index contributed by atoms with van der Waals surface area (Å²) in [5, 5.41) is 19.9. The number of anilines is 1. The number of rotatable bonds is 2. The van der Waals surface area contributed by atoms with E-state index in [2.05, 4.69) is 5.10 Å². The van der Waals surface area contributed by atoms with Crippen LogP contribution in [0.4, 0.5) is 23.2 Å². The second-order valence-electron chi connectivity index (χ2n) is 2.99. The Hall–Kier alpha value is -2.61. The van der Waals surface area contributed by atoms with Gasteiger partial charge in [-0.15, -0.1) is 0 Å². The van der Waals surface area contributed by atoms with Crippen molar-refractivity contribution in [2.45, 2.75) is 6.18 Å². The Morgan fingerprint density at radius 1 is 1.22 bits per heavy atom. The molecule has 8 heteroatoms. The van der Waals surface area contributed by atoms with E-state index < -0.39 is 23.3 Å². The minimum absolute atomic E-state index is 0.288. The van der Waals surface area contributed by atoms with Gasteiger partial charge in [0.1, 0.15) is 18.0 Å². The highest BCUT2D eigenvalue weighted by Crippen LogP contribution is 2.31. The standard InChI is InChI=1S/C10H4F4N4/c11-8-3-6(10(12,13)14)1-2-9(8)18-17-7(4-15)5-16/h1-3,18H. The molecule has 0 saturated heterocycles. The molecule has 0 atom stereocenters. The molecule has 0 bridgehead atoms. The molecule has 1 aromatic rings. The summed E-state index contributed by atoms with van der Waals surface area (Å²) in [7, 11) is 0. The van der Waals surface area contributed by atoms with Gasteiger partial charge in [0.05, 0.1) is 11.3 Å². The minimum Gasteiger partial charge on any atom is -0.274 e. The quantitative estimate of drug-likeness (QED) is 0.502. The van der Waals surface area contributed by atoms with E-state index in [1.165, 1.54) is 12.1 Å². The normalized spacial score (nSPS) is 10.1. The van der Waals surface area contributed by atoms with Crippen molar-refractivity contribution in [2.75, 3.05) is 5.43 Å². The summed E-state index contributed by atoms with van der Waals surface area (Å²) < 4.78 is 49.9. The van der Waals surface area contributed by atoms with Crippen LogP contribution >= 0.6 is 0 Å². The van der Waals surface area contributed by atoms with Crippen LogP contribution in [0.5, 0.6) is 0 Å². The summed E-state index contributed by atoms with van der Waals surface area (Å²) in [6.07, 6.45) is -4.65. The third-order valence-corrected chi connectivity index (χ3v) is 1.80. The molecule has 0 saturated carbocycles. The van der Waals surface area contributed by atoms with Gasteiger partial charge in [-0.05, 0) is 18.2 Å². The van der Waals surface area contributed by atoms with Gasteiger partial charge in [-0.3, -0.25) is 5.43 Å². The second-order valence-corrected chi connectivity index (χ2v) is 2.99. The summed E-state index contributed by atoms with van der Waals surface area (Å²) >= 11 is 0. The topological polar surface area (TPSA) is 72.0 Å². The summed E-state index contributed by atoms with van der Waals surface area (Å²) in [5.41, 5.74) is -0.0932. The Labute approximate surface area is 98.8 Å². The van der Waals surface area contributed by atoms with Crippen molar-refractivity contribution in [1.82, 2.24) is 0 Å². The fraction of sp³-hybridized carbons (Fsp3) is 0.100. The van der Waals surface area contributed by atoms with Gasteiger partial charge >= 0.3 is 6.18 Å². The molecule has 1 N–H and O–H groups in total. The van der Waals surface area contributed by atoms with E-state index in [-0.39, 0.29) is 11.8 Å². The third-order valence-electron chi connectivity index (χ3n) is 1.80. The van der Waals surface area contributed by atoms with Gasteiger partial charge in [0.15, 0.2) is 0 Å². The van der Waals surface area contributed by atoms with Crippen LogP contribution < -0.4 is 5.43 Å². The first kappa shape index (κ1) is 13.5. The Morgan fingerprint density at radius 3 is 2.28 bits per heavy atom. The fourth-order valence-electron chi connectivity index (χ4n) is 0.973. The zero-order chi connectivity index (χ0) is 13.8. The smallest absolute Gasteiger partial charge is 0.274 e. The average Bonchev–Trinajstić information content (AvgIpc) is 2.30. The van der Waals surface area contributed by atoms with E-state index in [1.807, 2.05) is 5.43 Å². The van der Waals surface area contributed by atoms with Crippen molar-refractivity contribution in [3.05, 3.63) is 29.6 Å². The van der Waals surface area contributed by atoms with Gasteiger partial charge in [-0.1, -0.05) is 0 Å². The average molecular weight is 256 g/mol. The van der Waals surface area contributed by atoms with Crippen LogP contribution in [0, 0.1) is 28.5 Å². The number of nitriles is 2. The number of benzene rings is 1.